The average Bonchev–Trinajstić information content (AvgIpc) is 3.08. The minimum Gasteiger partial charge on any atom is -0.497 e. The Hall–Kier alpha value is -2.88. The van der Waals surface area contributed by atoms with Crippen LogP contribution < -0.4 is 4.74 Å². The molecule has 172 valence electrons. The van der Waals surface area contributed by atoms with Gasteiger partial charge in [0.15, 0.2) is 6.10 Å². The highest BCUT2D eigenvalue weighted by Gasteiger charge is 2.46. The number of amides is 1. The molecule has 3 atom stereocenters. The Morgan fingerprint density at radius 2 is 1.81 bits per heavy atom. The molecule has 9 heteroatoms. The molecule has 8 nitrogen and oxygen atoms in total. The highest BCUT2D eigenvalue weighted by molar-refractivity contribution is 7.86. The number of carbonyl (C=O) groups excluding carboxylic acids is 1. The molecule has 1 aliphatic rings. The molecular formula is C23H27NO7S. The minimum atomic E-state index is -3.80. The molecule has 1 aliphatic heterocycles. The molecule has 2 aromatic rings. The third-order valence-corrected chi connectivity index (χ3v) is 5.58. The van der Waals surface area contributed by atoms with Gasteiger partial charge in [-0.3, -0.25) is 9.08 Å². The molecule has 1 heterocycles. The van der Waals surface area contributed by atoms with Gasteiger partial charge in [0.25, 0.3) is 10.1 Å². The maximum atomic E-state index is 12.7. The van der Waals surface area contributed by atoms with Crippen LogP contribution in [0.4, 0.5) is 4.79 Å². The fraction of sp³-hybridized carbons (Fsp3) is 0.348. The van der Waals surface area contributed by atoms with Crippen molar-refractivity contribution in [3.63, 3.8) is 0 Å². The van der Waals surface area contributed by atoms with Crippen molar-refractivity contribution < 1.29 is 31.6 Å². The molecule has 1 saturated heterocycles. The highest BCUT2D eigenvalue weighted by atomic mass is 32.2. The smallest absolute Gasteiger partial charge is 0.410 e. The van der Waals surface area contributed by atoms with Gasteiger partial charge in [0.1, 0.15) is 11.9 Å². The zero-order chi connectivity index (χ0) is 23.1. The van der Waals surface area contributed by atoms with Crippen molar-refractivity contribution in [1.82, 2.24) is 4.90 Å². The standard InChI is InChI=1S/C23H27NO7S/c1-4-21(31-32(3,26)27)22-20(16-29-15-18-8-6-5-7-9-18)24(23(25)30-22)14-17-10-12-19(28-2)13-11-17/h4-13,20-22H,1,14-16H2,2-3H3/t20-,21+,22-/m0/s1. The van der Waals surface area contributed by atoms with Gasteiger partial charge >= 0.3 is 6.09 Å². The normalized spacial score (nSPS) is 19.4. The third kappa shape index (κ3) is 6.32. The summed E-state index contributed by atoms with van der Waals surface area (Å²) in [6.07, 6.45) is -0.261. The summed E-state index contributed by atoms with van der Waals surface area (Å²) in [5.74, 6) is 0.701. The Bertz CT molecular complexity index is 1010. The summed E-state index contributed by atoms with van der Waals surface area (Å²) in [6.45, 7) is 4.36. The molecule has 32 heavy (non-hydrogen) atoms. The number of cyclic esters (lactones) is 1. The topological polar surface area (TPSA) is 91.4 Å². The average molecular weight is 462 g/mol. The second kappa shape index (κ2) is 10.6. The van der Waals surface area contributed by atoms with Crippen LogP contribution in [0.1, 0.15) is 11.1 Å². The maximum absolute atomic E-state index is 12.7. The monoisotopic (exact) mass is 461 g/mol. The predicted molar refractivity (Wildman–Crippen MR) is 119 cm³/mol. The maximum Gasteiger partial charge on any atom is 0.410 e. The number of ether oxygens (including phenoxy) is 3. The Kier molecular flexibility index (Phi) is 7.89. The predicted octanol–water partition coefficient (Wildman–Crippen LogP) is 3.13. The number of carbonyl (C=O) groups is 1. The summed E-state index contributed by atoms with van der Waals surface area (Å²) < 4.78 is 45.1. The first-order valence-electron chi connectivity index (χ1n) is 10.0. The minimum absolute atomic E-state index is 0.124. The summed E-state index contributed by atoms with van der Waals surface area (Å²) in [7, 11) is -2.22. The van der Waals surface area contributed by atoms with Gasteiger partial charge in [0.2, 0.25) is 0 Å². The van der Waals surface area contributed by atoms with E-state index in [1.54, 1.807) is 19.2 Å². The van der Waals surface area contributed by atoms with Crippen molar-refractivity contribution in [2.45, 2.75) is 31.4 Å². The van der Waals surface area contributed by atoms with Crippen LogP contribution in [0.3, 0.4) is 0 Å². The molecule has 0 aliphatic carbocycles. The van der Waals surface area contributed by atoms with Crippen molar-refractivity contribution in [3.8, 4) is 5.75 Å². The molecule has 0 saturated carbocycles. The van der Waals surface area contributed by atoms with E-state index < -0.39 is 34.5 Å². The number of hydrogen-bond donors (Lipinski definition) is 0. The van der Waals surface area contributed by atoms with Crippen molar-refractivity contribution in [2.24, 2.45) is 0 Å². The Balaban J connectivity index is 1.79. The number of hydrogen-bond acceptors (Lipinski definition) is 7. The number of rotatable bonds is 11. The second-order valence-electron chi connectivity index (χ2n) is 7.39. The van der Waals surface area contributed by atoms with E-state index in [-0.39, 0.29) is 13.2 Å². The van der Waals surface area contributed by atoms with E-state index in [0.29, 0.717) is 12.4 Å². The quantitative estimate of drug-likeness (QED) is 0.375. The molecule has 0 radical (unpaired) electrons. The van der Waals surface area contributed by atoms with Crippen LogP contribution in [0.2, 0.25) is 0 Å². The first-order valence-corrected chi connectivity index (χ1v) is 11.8. The van der Waals surface area contributed by atoms with E-state index in [9.17, 15) is 13.2 Å². The van der Waals surface area contributed by atoms with Gasteiger partial charge in [-0.2, -0.15) is 8.42 Å². The molecule has 0 bridgehead atoms. The number of benzene rings is 2. The summed E-state index contributed by atoms with van der Waals surface area (Å²) in [6, 6.07) is 16.3. The fourth-order valence-corrected chi connectivity index (χ4v) is 4.05. The SMILES string of the molecule is C=C[C@@H](OS(C)(=O)=O)[C@H]1OC(=O)N(Cc2ccc(OC)cc2)[C@H]1COCc1ccccc1. The zero-order valence-corrected chi connectivity index (χ0v) is 18.9. The summed E-state index contributed by atoms with van der Waals surface area (Å²) in [5.41, 5.74) is 1.83. The fourth-order valence-electron chi connectivity index (χ4n) is 3.46. The van der Waals surface area contributed by atoms with Crippen molar-refractivity contribution in [3.05, 3.63) is 78.4 Å². The molecule has 0 N–H and O–H groups in total. The van der Waals surface area contributed by atoms with Crippen molar-refractivity contribution >= 4 is 16.2 Å². The second-order valence-corrected chi connectivity index (χ2v) is 8.99. The molecule has 1 amide bonds. The molecule has 1 fully saturated rings. The van der Waals surface area contributed by atoms with Gasteiger partial charge in [-0.25, -0.2) is 4.79 Å². The van der Waals surface area contributed by atoms with Gasteiger partial charge < -0.3 is 14.2 Å². The van der Waals surface area contributed by atoms with Gasteiger partial charge in [-0.15, -0.1) is 6.58 Å². The van der Waals surface area contributed by atoms with E-state index in [1.165, 1.54) is 11.0 Å². The van der Waals surface area contributed by atoms with Crippen LogP contribution in [0.15, 0.2) is 67.3 Å². The Morgan fingerprint density at radius 1 is 1.12 bits per heavy atom. The van der Waals surface area contributed by atoms with E-state index in [1.807, 2.05) is 42.5 Å². The highest BCUT2D eigenvalue weighted by Crippen LogP contribution is 2.28. The summed E-state index contributed by atoms with van der Waals surface area (Å²) in [4.78, 5) is 14.2. The molecule has 0 spiro atoms. The molecule has 0 aromatic heterocycles. The van der Waals surface area contributed by atoms with Crippen molar-refractivity contribution in [1.29, 1.82) is 0 Å². The van der Waals surface area contributed by atoms with E-state index >= 15 is 0 Å². The zero-order valence-electron chi connectivity index (χ0n) is 18.0. The Labute approximate surface area is 188 Å². The van der Waals surface area contributed by atoms with Gasteiger partial charge in [0, 0.05) is 6.54 Å². The molecule has 2 aromatic carbocycles. The summed E-state index contributed by atoms with van der Waals surface area (Å²) >= 11 is 0. The van der Waals surface area contributed by atoms with Crippen LogP contribution in [0.25, 0.3) is 0 Å². The number of methoxy groups -OCH3 is 1. The molecular weight excluding hydrogens is 434 g/mol. The van der Waals surface area contributed by atoms with E-state index in [0.717, 1.165) is 17.4 Å². The lowest BCUT2D eigenvalue weighted by molar-refractivity contribution is 0.0194. The molecule has 3 rings (SSSR count). The first-order chi connectivity index (χ1) is 15.3. The number of nitrogens with zero attached hydrogens (tertiary/aromatic N) is 1. The van der Waals surface area contributed by atoms with Crippen LogP contribution in [-0.2, 0) is 36.9 Å². The third-order valence-electron chi connectivity index (χ3n) is 5.01. The Morgan fingerprint density at radius 3 is 2.41 bits per heavy atom. The first kappa shape index (κ1) is 23.8. The van der Waals surface area contributed by atoms with Crippen LogP contribution in [0.5, 0.6) is 5.75 Å². The van der Waals surface area contributed by atoms with Crippen LogP contribution in [0, 0.1) is 0 Å². The van der Waals surface area contributed by atoms with Gasteiger partial charge in [-0.05, 0) is 23.3 Å². The molecule has 0 unspecified atom stereocenters. The van der Waals surface area contributed by atoms with Crippen molar-refractivity contribution in [2.75, 3.05) is 20.0 Å². The lowest BCUT2D eigenvalue weighted by Gasteiger charge is -2.27. The van der Waals surface area contributed by atoms with Gasteiger partial charge in [-0.1, -0.05) is 48.5 Å². The van der Waals surface area contributed by atoms with Gasteiger partial charge in [0.05, 0.1) is 32.6 Å². The lowest BCUT2D eigenvalue weighted by Crippen LogP contribution is -2.45. The van der Waals surface area contributed by atoms with Crippen LogP contribution >= 0.6 is 0 Å². The largest absolute Gasteiger partial charge is 0.497 e. The lowest BCUT2D eigenvalue weighted by atomic mass is 10.0. The summed E-state index contributed by atoms with van der Waals surface area (Å²) in [5, 5.41) is 0. The van der Waals surface area contributed by atoms with E-state index in [2.05, 4.69) is 6.58 Å². The van der Waals surface area contributed by atoms with Crippen LogP contribution in [-0.4, -0.2) is 57.6 Å². The van der Waals surface area contributed by atoms with E-state index in [4.69, 9.17) is 18.4 Å².